The van der Waals surface area contributed by atoms with Crippen molar-refractivity contribution in [3.63, 3.8) is 0 Å². The summed E-state index contributed by atoms with van der Waals surface area (Å²) in [6.07, 6.45) is 17.4. The SMILES string of the molecule is CCCC1CCC(C2CCC(C3CCC(OC)OC3)CC2)CC1. The van der Waals surface area contributed by atoms with E-state index >= 15 is 0 Å². The molecule has 134 valence electrons. The van der Waals surface area contributed by atoms with Gasteiger partial charge in [-0.1, -0.05) is 32.6 Å². The van der Waals surface area contributed by atoms with Crippen LogP contribution in [0.4, 0.5) is 0 Å². The summed E-state index contributed by atoms with van der Waals surface area (Å²) in [5, 5.41) is 0. The molecule has 2 nitrogen and oxygen atoms in total. The van der Waals surface area contributed by atoms with E-state index < -0.39 is 0 Å². The maximum Gasteiger partial charge on any atom is 0.157 e. The fraction of sp³-hybridized carbons (Fsp3) is 1.00. The Morgan fingerprint density at radius 2 is 1.26 bits per heavy atom. The van der Waals surface area contributed by atoms with Crippen LogP contribution in [0.1, 0.15) is 84.0 Å². The van der Waals surface area contributed by atoms with E-state index in [9.17, 15) is 0 Å². The van der Waals surface area contributed by atoms with Gasteiger partial charge in [-0.25, -0.2) is 0 Å². The summed E-state index contributed by atoms with van der Waals surface area (Å²) in [5.41, 5.74) is 0. The first-order valence-corrected chi connectivity index (χ1v) is 10.4. The summed E-state index contributed by atoms with van der Waals surface area (Å²) in [5.74, 6) is 4.90. The molecule has 23 heavy (non-hydrogen) atoms. The molecule has 0 spiro atoms. The van der Waals surface area contributed by atoms with E-state index in [4.69, 9.17) is 9.47 Å². The van der Waals surface area contributed by atoms with Crippen LogP contribution in [0, 0.1) is 29.6 Å². The van der Waals surface area contributed by atoms with Crippen molar-refractivity contribution in [2.24, 2.45) is 29.6 Å². The minimum absolute atomic E-state index is 0.0703. The van der Waals surface area contributed by atoms with Gasteiger partial charge in [0.1, 0.15) is 0 Å². The van der Waals surface area contributed by atoms with E-state index in [-0.39, 0.29) is 6.29 Å². The molecule has 2 heteroatoms. The molecule has 2 saturated carbocycles. The van der Waals surface area contributed by atoms with Gasteiger partial charge in [-0.3, -0.25) is 0 Å². The molecule has 0 amide bonds. The first-order valence-electron chi connectivity index (χ1n) is 10.4. The quantitative estimate of drug-likeness (QED) is 0.637. The molecule has 3 rings (SSSR count). The Kier molecular flexibility index (Phi) is 6.83. The van der Waals surface area contributed by atoms with Gasteiger partial charge in [0.05, 0.1) is 6.61 Å². The van der Waals surface area contributed by atoms with Crippen molar-refractivity contribution in [2.45, 2.75) is 90.3 Å². The Bertz CT molecular complexity index is 319. The molecule has 0 aromatic heterocycles. The van der Waals surface area contributed by atoms with E-state index in [0.717, 1.165) is 42.6 Å². The first kappa shape index (κ1) is 17.7. The van der Waals surface area contributed by atoms with Gasteiger partial charge in [0.15, 0.2) is 6.29 Å². The zero-order valence-electron chi connectivity index (χ0n) is 15.5. The molecule has 1 heterocycles. The molecule has 3 aliphatic rings. The van der Waals surface area contributed by atoms with Crippen molar-refractivity contribution in [3.05, 3.63) is 0 Å². The molecule has 0 N–H and O–H groups in total. The largest absolute Gasteiger partial charge is 0.356 e. The Morgan fingerprint density at radius 1 is 0.739 bits per heavy atom. The lowest BCUT2D eigenvalue weighted by molar-refractivity contribution is -0.167. The van der Waals surface area contributed by atoms with E-state index in [1.54, 1.807) is 7.11 Å². The number of hydrogen-bond donors (Lipinski definition) is 0. The highest BCUT2D eigenvalue weighted by atomic mass is 16.7. The van der Waals surface area contributed by atoms with Crippen molar-refractivity contribution < 1.29 is 9.47 Å². The third-order valence-corrected chi connectivity index (χ3v) is 7.27. The van der Waals surface area contributed by atoms with Gasteiger partial charge in [0, 0.05) is 7.11 Å². The van der Waals surface area contributed by atoms with Crippen molar-refractivity contribution in [1.82, 2.24) is 0 Å². The Labute approximate surface area is 143 Å². The summed E-state index contributed by atoms with van der Waals surface area (Å²) >= 11 is 0. The van der Waals surface area contributed by atoms with Crippen LogP contribution in [0.5, 0.6) is 0 Å². The average Bonchev–Trinajstić information content (AvgIpc) is 2.63. The fourth-order valence-corrected chi connectivity index (χ4v) is 5.75. The molecule has 2 aliphatic carbocycles. The van der Waals surface area contributed by atoms with Crippen LogP contribution < -0.4 is 0 Å². The van der Waals surface area contributed by atoms with Gasteiger partial charge in [0.25, 0.3) is 0 Å². The number of methoxy groups -OCH3 is 1. The molecular weight excluding hydrogens is 284 g/mol. The first-order chi connectivity index (χ1) is 11.3. The lowest BCUT2D eigenvalue weighted by atomic mass is 9.66. The van der Waals surface area contributed by atoms with Crippen LogP contribution in [0.15, 0.2) is 0 Å². The zero-order valence-corrected chi connectivity index (χ0v) is 15.5. The van der Waals surface area contributed by atoms with Gasteiger partial charge >= 0.3 is 0 Å². The standard InChI is InChI=1S/C21H38O2/c1-3-4-16-5-7-17(8-6-16)18-9-11-19(12-10-18)20-13-14-21(22-2)23-15-20/h16-21H,3-15H2,1-2H3. The Balaban J connectivity index is 1.37. The maximum atomic E-state index is 5.85. The van der Waals surface area contributed by atoms with Gasteiger partial charge < -0.3 is 9.47 Å². The van der Waals surface area contributed by atoms with Crippen LogP contribution in [0.25, 0.3) is 0 Å². The van der Waals surface area contributed by atoms with E-state index in [0.29, 0.717) is 0 Å². The zero-order chi connectivity index (χ0) is 16.1. The lowest BCUT2D eigenvalue weighted by Crippen LogP contribution is -2.34. The van der Waals surface area contributed by atoms with Crippen molar-refractivity contribution in [3.8, 4) is 0 Å². The molecule has 0 aromatic rings. The number of ether oxygens (including phenoxy) is 2. The summed E-state index contributed by atoms with van der Waals surface area (Å²) in [4.78, 5) is 0. The van der Waals surface area contributed by atoms with E-state index in [2.05, 4.69) is 6.92 Å². The number of rotatable bonds is 5. The smallest absolute Gasteiger partial charge is 0.157 e. The average molecular weight is 323 g/mol. The van der Waals surface area contributed by atoms with Gasteiger partial charge in [0.2, 0.25) is 0 Å². The normalized spacial score (nSPS) is 42.5. The fourth-order valence-electron chi connectivity index (χ4n) is 5.75. The predicted octanol–water partition coefficient (Wildman–Crippen LogP) is 5.80. The molecular formula is C21H38O2. The van der Waals surface area contributed by atoms with Crippen LogP contribution >= 0.6 is 0 Å². The third-order valence-electron chi connectivity index (χ3n) is 7.27. The minimum Gasteiger partial charge on any atom is -0.356 e. The molecule has 3 fully saturated rings. The second-order valence-electron chi connectivity index (χ2n) is 8.58. The van der Waals surface area contributed by atoms with Crippen molar-refractivity contribution in [2.75, 3.05) is 13.7 Å². The second-order valence-corrected chi connectivity index (χ2v) is 8.58. The molecule has 0 aromatic carbocycles. The Hall–Kier alpha value is -0.0800. The summed E-state index contributed by atoms with van der Waals surface area (Å²) in [6.45, 7) is 3.28. The molecule has 0 bridgehead atoms. The van der Waals surface area contributed by atoms with Crippen LogP contribution in [-0.4, -0.2) is 20.0 Å². The number of hydrogen-bond acceptors (Lipinski definition) is 2. The summed E-state index contributed by atoms with van der Waals surface area (Å²) < 4.78 is 11.2. The third kappa shape index (κ3) is 4.72. The van der Waals surface area contributed by atoms with E-state index in [1.807, 2.05) is 0 Å². The highest BCUT2D eigenvalue weighted by Gasteiger charge is 2.34. The maximum absolute atomic E-state index is 5.85. The molecule has 2 atom stereocenters. The minimum atomic E-state index is 0.0703. The lowest BCUT2D eigenvalue weighted by Gasteiger charge is -2.41. The molecule has 2 unspecified atom stereocenters. The molecule has 1 saturated heterocycles. The van der Waals surface area contributed by atoms with Gasteiger partial charge in [-0.2, -0.15) is 0 Å². The van der Waals surface area contributed by atoms with E-state index in [1.165, 1.54) is 70.6 Å². The molecule has 0 radical (unpaired) electrons. The van der Waals surface area contributed by atoms with Gasteiger partial charge in [-0.05, 0) is 81.0 Å². The molecule has 1 aliphatic heterocycles. The topological polar surface area (TPSA) is 18.5 Å². The van der Waals surface area contributed by atoms with Gasteiger partial charge in [-0.15, -0.1) is 0 Å². The summed E-state index contributed by atoms with van der Waals surface area (Å²) in [6, 6.07) is 0. The second kappa shape index (κ2) is 8.85. The van der Waals surface area contributed by atoms with Crippen LogP contribution in [0.3, 0.4) is 0 Å². The summed E-state index contributed by atoms with van der Waals surface area (Å²) in [7, 11) is 1.77. The van der Waals surface area contributed by atoms with Crippen LogP contribution in [-0.2, 0) is 9.47 Å². The monoisotopic (exact) mass is 322 g/mol. The highest BCUT2D eigenvalue weighted by Crippen LogP contribution is 2.44. The van der Waals surface area contributed by atoms with Crippen molar-refractivity contribution >= 4 is 0 Å². The Morgan fingerprint density at radius 3 is 1.74 bits per heavy atom. The van der Waals surface area contributed by atoms with Crippen LogP contribution in [0.2, 0.25) is 0 Å². The predicted molar refractivity (Wildman–Crippen MR) is 95.3 cm³/mol. The van der Waals surface area contributed by atoms with Crippen molar-refractivity contribution in [1.29, 1.82) is 0 Å². The highest BCUT2D eigenvalue weighted by molar-refractivity contribution is 4.84.